The zero-order valence-corrected chi connectivity index (χ0v) is 17.3. The number of aryl methyl sites for hydroxylation is 1. The van der Waals surface area contributed by atoms with E-state index < -0.39 is 0 Å². The maximum atomic E-state index is 6.10. The summed E-state index contributed by atoms with van der Waals surface area (Å²) in [4.78, 5) is 0. The molecule has 5 heteroatoms. The van der Waals surface area contributed by atoms with E-state index in [-0.39, 0.29) is 5.25 Å². The Morgan fingerprint density at radius 2 is 1.46 bits per heavy atom. The van der Waals surface area contributed by atoms with E-state index in [1.807, 2.05) is 37.4 Å². The van der Waals surface area contributed by atoms with Crippen molar-refractivity contribution in [2.24, 2.45) is 7.05 Å². The van der Waals surface area contributed by atoms with Crippen LogP contribution in [0.25, 0.3) is 11.4 Å². The van der Waals surface area contributed by atoms with Crippen molar-refractivity contribution in [2.45, 2.75) is 17.3 Å². The predicted molar refractivity (Wildman–Crippen MR) is 117 cm³/mol. The average molecular weight is 406 g/mol. The summed E-state index contributed by atoms with van der Waals surface area (Å²) in [5, 5.41) is 10.7. The summed E-state index contributed by atoms with van der Waals surface area (Å²) >= 11 is 7.80. The second kappa shape index (κ2) is 8.21. The summed E-state index contributed by atoms with van der Waals surface area (Å²) < 4.78 is 2.07. The quantitative estimate of drug-likeness (QED) is 0.363. The predicted octanol–water partition coefficient (Wildman–Crippen LogP) is 6.33. The van der Waals surface area contributed by atoms with Crippen LogP contribution in [0, 0.1) is 6.92 Å². The number of nitrogens with zero attached hydrogens (tertiary/aromatic N) is 3. The number of benzene rings is 3. The lowest BCUT2D eigenvalue weighted by molar-refractivity contribution is 0.791. The van der Waals surface area contributed by atoms with E-state index in [2.05, 4.69) is 70.2 Å². The topological polar surface area (TPSA) is 30.7 Å². The summed E-state index contributed by atoms with van der Waals surface area (Å²) in [6.07, 6.45) is 0. The number of halogens is 1. The molecular formula is C23H20ClN3S. The third-order valence-corrected chi connectivity index (χ3v) is 6.32. The third-order valence-electron chi connectivity index (χ3n) is 4.72. The maximum Gasteiger partial charge on any atom is 0.192 e. The Kier molecular flexibility index (Phi) is 5.51. The van der Waals surface area contributed by atoms with Crippen molar-refractivity contribution in [2.75, 3.05) is 0 Å². The third kappa shape index (κ3) is 3.84. The molecule has 0 aliphatic rings. The Bertz CT molecular complexity index is 1070. The molecule has 140 valence electrons. The fraction of sp³-hybridized carbons (Fsp3) is 0.130. The number of thioether (sulfide) groups is 1. The van der Waals surface area contributed by atoms with Crippen LogP contribution in [0.4, 0.5) is 0 Å². The zero-order chi connectivity index (χ0) is 19.5. The molecule has 0 saturated heterocycles. The lowest BCUT2D eigenvalue weighted by Gasteiger charge is -2.17. The molecule has 0 aliphatic carbocycles. The highest BCUT2D eigenvalue weighted by Gasteiger charge is 2.20. The van der Waals surface area contributed by atoms with Gasteiger partial charge in [-0.3, -0.25) is 0 Å². The molecule has 0 saturated carbocycles. The molecule has 28 heavy (non-hydrogen) atoms. The second-order valence-corrected chi connectivity index (χ2v) is 8.15. The summed E-state index contributed by atoms with van der Waals surface area (Å²) in [5.74, 6) is 0.878. The molecule has 0 bridgehead atoms. The van der Waals surface area contributed by atoms with Crippen LogP contribution < -0.4 is 0 Å². The van der Waals surface area contributed by atoms with Crippen LogP contribution >= 0.6 is 23.4 Å². The summed E-state index contributed by atoms with van der Waals surface area (Å²) in [5.41, 5.74) is 4.69. The number of aromatic nitrogens is 3. The van der Waals surface area contributed by atoms with Gasteiger partial charge in [-0.25, -0.2) is 0 Å². The minimum Gasteiger partial charge on any atom is -0.305 e. The average Bonchev–Trinajstić information content (AvgIpc) is 3.08. The van der Waals surface area contributed by atoms with Crippen molar-refractivity contribution >= 4 is 23.4 Å². The first-order chi connectivity index (χ1) is 13.6. The molecule has 3 nitrogen and oxygen atoms in total. The smallest absolute Gasteiger partial charge is 0.192 e. The monoisotopic (exact) mass is 405 g/mol. The molecule has 4 aromatic rings. The Labute approximate surface area is 174 Å². The van der Waals surface area contributed by atoms with Gasteiger partial charge in [-0.2, -0.15) is 0 Å². The van der Waals surface area contributed by atoms with Gasteiger partial charge in [0.1, 0.15) is 0 Å². The van der Waals surface area contributed by atoms with Gasteiger partial charge in [-0.1, -0.05) is 90.1 Å². The first-order valence-electron chi connectivity index (χ1n) is 9.06. The number of hydrogen-bond donors (Lipinski definition) is 0. The van der Waals surface area contributed by atoms with Gasteiger partial charge in [0.05, 0.1) is 5.25 Å². The molecule has 0 spiro atoms. The van der Waals surface area contributed by atoms with Gasteiger partial charge < -0.3 is 4.57 Å². The van der Waals surface area contributed by atoms with Crippen LogP contribution in [0.3, 0.4) is 0 Å². The van der Waals surface area contributed by atoms with Crippen molar-refractivity contribution in [3.63, 3.8) is 0 Å². The molecule has 0 radical (unpaired) electrons. The summed E-state index contributed by atoms with van der Waals surface area (Å²) in [6, 6.07) is 26.7. The second-order valence-electron chi connectivity index (χ2n) is 6.64. The minimum absolute atomic E-state index is 0.103. The lowest BCUT2D eigenvalue weighted by atomic mass is 10.0. The van der Waals surface area contributed by atoms with E-state index in [9.17, 15) is 0 Å². The van der Waals surface area contributed by atoms with E-state index in [1.165, 1.54) is 16.7 Å². The number of hydrogen-bond acceptors (Lipinski definition) is 3. The minimum atomic E-state index is 0.103. The molecule has 4 rings (SSSR count). The molecule has 3 aromatic carbocycles. The molecule has 0 unspecified atom stereocenters. The highest BCUT2D eigenvalue weighted by atomic mass is 35.5. The molecule has 0 fully saturated rings. The first-order valence-corrected chi connectivity index (χ1v) is 10.3. The Morgan fingerprint density at radius 1 is 0.821 bits per heavy atom. The standard InChI is InChI=1S/C23H20ClN3S/c1-16-8-6-7-11-20(16)22-25-26-23(27(22)2)28-21(17-9-4-3-5-10-17)18-12-14-19(24)15-13-18/h3-15,21H,1-2H3/t21-/m0/s1. The highest BCUT2D eigenvalue weighted by molar-refractivity contribution is 7.99. The van der Waals surface area contributed by atoms with Gasteiger partial charge in [0.2, 0.25) is 0 Å². The molecule has 0 aliphatic heterocycles. The molecule has 1 aromatic heterocycles. The zero-order valence-electron chi connectivity index (χ0n) is 15.7. The lowest BCUT2D eigenvalue weighted by Crippen LogP contribution is -2.01. The molecule has 0 N–H and O–H groups in total. The van der Waals surface area contributed by atoms with E-state index >= 15 is 0 Å². The molecule has 1 atom stereocenters. The van der Waals surface area contributed by atoms with E-state index in [0.717, 1.165) is 21.6 Å². The van der Waals surface area contributed by atoms with Crippen LogP contribution in [-0.4, -0.2) is 14.8 Å². The van der Waals surface area contributed by atoms with Crippen molar-refractivity contribution in [3.05, 3.63) is 101 Å². The molecule has 1 heterocycles. The first kappa shape index (κ1) is 18.8. The van der Waals surface area contributed by atoms with E-state index in [1.54, 1.807) is 11.8 Å². The maximum absolute atomic E-state index is 6.10. The van der Waals surface area contributed by atoms with Crippen molar-refractivity contribution in [1.82, 2.24) is 14.8 Å². The van der Waals surface area contributed by atoms with Gasteiger partial charge in [-0.15, -0.1) is 10.2 Å². The fourth-order valence-corrected chi connectivity index (χ4v) is 4.43. The van der Waals surface area contributed by atoms with Crippen LogP contribution in [0.15, 0.2) is 84.0 Å². The Morgan fingerprint density at radius 3 is 2.18 bits per heavy atom. The van der Waals surface area contributed by atoms with Crippen molar-refractivity contribution in [3.8, 4) is 11.4 Å². The summed E-state index contributed by atoms with van der Waals surface area (Å²) in [6.45, 7) is 2.09. The van der Waals surface area contributed by atoms with Crippen LogP contribution in [0.5, 0.6) is 0 Å². The van der Waals surface area contributed by atoms with Gasteiger partial charge >= 0.3 is 0 Å². The fourth-order valence-electron chi connectivity index (χ4n) is 3.18. The van der Waals surface area contributed by atoms with Gasteiger partial charge in [0, 0.05) is 17.6 Å². The Hall–Kier alpha value is -2.56. The highest BCUT2D eigenvalue weighted by Crippen LogP contribution is 2.40. The molecular weight excluding hydrogens is 386 g/mol. The largest absolute Gasteiger partial charge is 0.305 e. The van der Waals surface area contributed by atoms with Crippen molar-refractivity contribution < 1.29 is 0 Å². The Balaban J connectivity index is 1.72. The van der Waals surface area contributed by atoms with Crippen LogP contribution in [0.2, 0.25) is 5.02 Å². The van der Waals surface area contributed by atoms with Crippen LogP contribution in [-0.2, 0) is 7.05 Å². The normalized spacial score (nSPS) is 12.1. The van der Waals surface area contributed by atoms with Crippen LogP contribution in [0.1, 0.15) is 21.9 Å². The van der Waals surface area contributed by atoms with Gasteiger partial charge in [0.15, 0.2) is 11.0 Å². The SMILES string of the molecule is Cc1ccccc1-c1nnc(S[C@@H](c2ccccc2)c2ccc(Cl)cc2)n1C. The molecule has 0 amide bonds. The van der Waals surface area contributed by atoms with Gasteiger partial charge in [-0.05, 0) is 35.7 Å². The van der Waals surface area contributed by atoms with E-state index in [4.69, 9.17) is 11.6 Å². The summed E-state index contributed by atoms with van der Waals surface area (Å²) in [7, 11) is 2.02. The van der Waals surface area contributed by atoms with Crippen molar-refractivity contribution in [1.29, 1.82) is 0 Å². The number of rotatable bonds is 5. The van der Waals surface area contributed by atoms with E-state index in [0.29, 0.717) is 0 Å². The van der Waals surface area contributed by atoms with Gasteiger partial charge in [0.25, 0.3) is 0 Å².